The molecule has 1 saturated heterocycles. The molecule has 0 aliphatic carbocycles. The Morgan fingerprint density at radius 3 is 2.47 bits per heavy atom. The Morgan fingerprint density at radius 2 is 1.84 bits per heavy atom. The molecular formula is C21H25N3O7S. The first kappa shape index (κ1) is 23.6. The number of benzene rings is 1. The highest BCUT2D eigenvalue weighted by Crippen LogP contribution is 2.35. The van der Waals surface area contributed by atoms with Gasteiger partial charge < -0.3 is 14.8 Å². The number of amides is 2. The molecule has 0 spiro atoms. The number of hydroxylamine groups is 1. The van der Waals surface area contributed by atoms with Crippen molar-refractivity contribution < 1.29 is 32.7 Å². The fraction of sp³-hybridized carbons (Fsp3) is 0.381. The van der Waals surface area contributed by atoms with Crippen LogP contribution in [0.4, 0.5) is 0 Å². The highest BCUT2D eigenvalue weighted by Gasteiger charge is 2.52. The van der Waals surface area contributed by atoms with Gasteiger partial charge in [0.15, 0.2) is 14.6 Å². The van der Waals surface area contributed by atoms with E-state index in [2.05, 4.69) is 10.3 Å². The Labute approximate surface area is 185 Å². The van der Waals surface area contributed by atoms with Crippen molar-refractivity contribution in [3.63, 3.8) is 0 Å². The van der Waals surface area contributed by atoms with Gasteiger partial charge in [-0.25, -0.2) is 13.9 Å². The number of rotatable bonds is 9. The van der Waals surface area contributed by atoms with Crippen molar-refractivity contribution >= 4 is 21.7 Å². The standard InChI is InChI=1S/C21H25N3O7S/c25-19(18-4-1-2-11-22-18)23-12-3-13-31-16-5-7-17(8-6-16)32(28,29)21(20(26)24-27)9-14-30-15-10-21/h1-2,4-8,11,27H,3,9-10,12-15H2,(H,23,25)(H,24,26). The second-order valence-electron chi connectivity index (χ2n) is 7.20. The first-order valence-corrected chi connectivity index (χ1v) is 11.6. The molecule has 0 saturated carbocycles. The average molecular weight is 464 g/mol. The van der Waals surface area contributed by atoms with E-state index in [4.69, 9.17) is 14.7 Å². The number of nitrogens with one attached hydrogen (secondary N) is 2. The van der Waals surface area contributed by atoms with Crippen LogP contribution in [0.5, 0.6) is 5.75 Å². The van der Waals surface area contributed by atoms with Crippen LogP contribution in [-0.2, 0) is 19.4 Å². The van der Waals surface area contributed by atoms with Gasteiger partial charge in [-0.1, -0.05) is 6.07 Å². The monoisotopic (exact) mass is 463 g/mol. The number of sulfone groups is 1. The van der Waals surface area contributed by atoms with E-state index < -0.39 is 20.5 Å². The minimum atomic E-state index is -4.08. The van der Waals surface area contributed by atoms with E-state index in [1.54, 1.807) is 24.4 Å². The third kappa shape index (κ3) is 5.06. The van der Waals surface area contributed by atoms with Crippen LogP contribution in [0.1, 0.15) is 29.8 Å². The molecule has 0 unspecified atom stereocenters. The summed E-state index contributed by atoms with van der Waals surface area (Å²) in [7, 11) is -4.08. The first-order valence-electron chi connectivity index (χ1n) is 10.1. The quantitative estimate of drug-likeness (QED) is 0.285. The zero-order chi connectivity index (χ0) is 23.0. The summed E-state index contributed by atoms with van der Waals surface area (Å²) in [6.45, 7) is 0.904. The number of hydrogen-bond acceptors (Lipinski definition) is 8. The van der Waals surface area contributed by atoms with Crippen molar-refractivity contribution in [2.75, 3.05) is 26.4 Å². The van der Waals surface area contributed by atoms with Gasteiger partial charge in [-0.05, 0) is 55.7 Å². The summed E-state index contributed by atoms with van der Waals surface area (Å²) in [5, 5.41) is 11.8. The fourth-order valence-electron chi connectivity index (χ4n) is 3.41. The van der Waals surface area contributed by atoms with Crippen molar-refractivity contribution in [2.45, 2.75) is 28.9 Å². The van der Waals surface area contributed by atoms with Crippen LogP contribution < -0.4 is 15.5 Å². The molecule has 0 atom stereocenters. The van der Waals surface area contributed by atoms with Crippen molar-refractivity contribution in [1.82, 2.24) is 15.8 Å². The lowest BCUT2D eigenvalue weighted by atomic mass is 9.98. The predicted octanol–water partition coefficient (Wildman–Crippen LogP) is 1.11. The Hall–Kier alpha value is -3.02. The van der Waals surface area contributed by atoms with Crippen molar-refractivity contribution in [3.05, 3.63) is 54.4 Å². The molecule has 10 nitrogen and oxygen atoms in total. The molecule has 32 heavy (non-hydrogen) atoms. The lowest BCUT2D eigenvalue weighted by molar-refractivity contribution is -0.134. The molecule has 2 aromatic rings. The van der Waals surface area contributed by atoms with Crippen molar-refractivity contribution in [2.24, 2.45) is 0 Å². The van der Waals surface area contributed by atoms with Crippen LogP contribution in [0.25, 0.3) is 0 Å². The molecule has 1 aromatic heterocycles. The number of aromatic nitrogens is 1. The summed E-state index contributed by atoms with van der Waals surface area (Å²) in [6, 6.07) is 10.8. The van der Waals surface area contributed by atoms with Gasteiger partial charge in [0.2, 0.25) is 0 Å². The summed E-state index contributed by atoms with van der Waals surface area (Å²) in [5.41, 5.74) is 1.82. The van der Waals surface area contributed by atoms with Crippen LogP contribution >= 0.6 is 0 Å². The molecule has 172 valence electrons. The second kappa shape index (κ2) is 10.5. The molecule has 3 N–H and O–H groups in total. The molecule has 1 fully saturated rings. The number of pyridine rings is 1. The lowest BCUT2D eigenvalue weighted by Gasteiger charge is -2.34. The minimum absolute atomic E-state index is 0.0435. The lowest BCUT2D eigenvalue weighted by Crippen LogP contribution is -2.54. The average Bonchev–Trinajstić information content (AvgIpc) is 2.84. The summed E-state index contributed by atoms with van der Waals surface area (Å²) in [5.74, 6) is -0.782. The molecule has 3 rings (SSSR count). The fourth-order valence-corrected chi connectivity index (χ4v) is 5.35. The molecule has 0 bridgehead atoms. The molecule has 2 amide bonds. The molecule has 11 heteroatoms. The molecular weight excluding hydrogens is 438 g/mol. The highest BCUT2D eigenvalue weighted by molar-refractivity contribution is 7.93. The van der Waals surface area contributed by atoms with Crippen molar-refractivity contribution in [3.8, 4) is 5.75 Å². The van der Waals surface area contributed by atoms with Gasteiger partial charge in [0.1, 0.15) is 11.4 Å². The van der Waals surface area contributed by atoms with Gasteiger partial charge in [-0.3, -0.25) is 19.8 Å². The van der Waals surface area contributed by atoms with Gasteiger partial charge in [-0.2, -0.15) is 0 Å². The van der Waals surface area contributed by atoms with Crippen molar-refractivity contribution in [1.29, 1.82) is 0 Å². The summed E-state index contributed by atoms with van der Waals surface area (Å²) in [6.07, 6.45) is 1.98. The van der Waals surface area contributed by atoms with Crippen LogP contribution in [0.3, 0.4) is 0 Å². The molecule has 0 radical (unpaired) electrons. The second-order valence-corrected chi connectivity index (χ2v) is 9.46. The number of carbonyl (C=O) groups is 2. The maximum absolute atomic E-state index is 13.2. The Balaban J connectivity index is 1.55. The Bertz CT molecular complexity index is 1020. The number of carbonyl (C=O) groups excluding carboxylic acids is 2. The zero-order valence-corrected chi connectivity index (χ0v) is 18.1. The summed E-state index contributed by atoms with van der Waals surface area (Å²) < 4.78 is 35.4. The normalized spacial score (nSPS) is 15.5. The SMILES string of the molecule is O=C(NCCCOc1ccc(S(=O)(=O)C2(C(=O)NO)CCOCC2)cc1)c1ccccn1. The van der Waals surface area contributed by atoms with E-state index in [0.29, 0.717) is 31.0 Å². The van der Waals surface area contributed by atoms with E-state index in [9.17, 15) is 18.0 Å². The third-order valence-corrected chi connectivity index (χ3v) is 7.75. The van der Waals surface area contributed by atoms with E-state index >= 15 is 0 Å². The summed E-state index contributed by atoms with van der Waals surface area (Å²) in [4.78, 5) is 28.1. The molecule has 1 aliphatic rings. The predicted molar refractivity (Wildman–Crippen MR) is 113 cm³/mol. The maximum Gasteiger partial charge on any atom is 0.269 e. The number of ether oxygens (including phenoxy) is 2. The minimum Gasteiger partial charge on any atom is -0.494 e. The third-order valence-electron chi connectivity index (χ3n) is 5.24. The van der Waals surface area contributed by atoms with E-state index in [1.807, 2.05) is 0 Å². The molecule has 1 aliphatic heterocycles. The van der Waals surface area contributed by atoms with Crippen LogP contribution in [-0.4, -0.2) is 61.5 Å². The van der Waals surface area contributed by atoms with Gasteiger partial charge in [-0.15, -0.1) is 0 Å². The first-order chi connectivity index (χ1) is 15.4. The Morgan fingerprint density at radius 1 is 1.12 bits per heavy atom. The van der Waals surface area contributed by atoms with Gasteiger partial charge in [0.25, 0.3) is 11.8 Å². The van der Waals surface area contributed by atoms with E-state index in [0.717, 1.165) is 0 Å². The van der Waals surface area contributed by atoms with Crippen LogP contribution in [0.15, 0.2) is 53.6 Å². The summed E-state index contributed by atoms with van der Waals surface area (Å²) >= 11 is 0. The van der Waals surface area contributed by atoms with E-state index in [1.165, 1.54) is 29.7 Å². The molecule has 2 heterocycles. The Kier molecular flexibility index (Phi) is 7.78. The zero-order valence-electron chi connectivity index (χ0n) is 17.3. The largest absolute Gasteiger partial charge is 0.494 e. The maximum atomic E-state index is 13.2. The molecule has 1 aromatic carbocycles. The highest BCUT2D eigenvalue weighted by atomic mass is 32.2. The van der Waals surface area contributed by atoms with E-state index in [-0.39, 0.29) is 36.9 Å². The van der Waals surface area contributed by atoms with Crippen LogP contribution in [0, 0.1) is 0 Å². The number of nitrogens with zero attached hydrogens (tertiary/aromatic N) is 1. The topological polar surface area (TPSA) is 144 Å². The van der Waals surface area contributed by atoms with Gasteiger partial charge in [0.05, 0.1) is 11.5 Å². The van der Waals surface area contributed by atoms with Gasteiger partial charge >= 0.3 is 0 Å². The smallest absolute Gasteiger partial charge is 0.269 e. The number of hydrogen-bond donors (Lipinski definition) is 3. The van der Waals surface area contributed by atoms with Gasteiger partial charge in [0, 0.05) is 26.0 Å². The van der Waals surface area contributed by atoms with Crippen LogP contribution in [0.2, 0.25) is 0 Å².